The second-order valence-electron chi connectivity index (χ2n) is 8.65. The van der Waals surface area contributed by atoms with Crippen molar-refractivity contribution in [2.75, 3.05) is 0 Å². The molecule has 168 valence electrons. The summed E-state index contributed by atoms with van der Waals surface area (Å²) in [5, 5.41) is 4.74. The van der Waals surface area contributed by atoms with Gasteiger partial charge in [0.25, 0.3) is 0 Å². The van der Waals surface area contributed by atoms with Gasteiger partial charge in [0.1, 0.15) is 27.5 Å². The molecule has 0 aliphatic carbocycles. The Labute approximate surface area is 205 Å². The zero-order valence-electron chi connectivity index (χ0n) is 18.7. The second kappa shape index (κ2) is 7.97. The molecule has 0 amide bonds. The standard InChI is InChI=1S/C30H19ClN2O2/c31-28-14-6-11-24(18-15-16-21-19-7-1-3-12-25(19)34-27(21)17-18)32-30(33-28)23-10-5-9-22-20-8-2-4-13-26(20)35-29(22)23/h1-5,7-10,12-17H,6,11H2/b28-14-,32-24-,33-30-. The van der Waals surface area contributed by atoms with Crippen LogP contribution in [0.3, 0.4) is 0 Å². The van der Waals surface area contributed by atoms with Gasteiger partial charge in [-0.2, -0.15) is 0 Å². The lowest BCUT2D eigenvalue weighted by atomic mass is 10.0. The summed E-state index contributed by atoms with van der Waals surface area (Å²) in [6.07, 6.45) is 3.42. The Morgan fingerprint density at radius 1 is 0.657 bits per heavy atom. The summed E-state index contributed by atoms with van der Waals surface area (Å²) in [6, 6.07) is 28.5. The van der Waals surface area contributed by atoms with Crippen molar-refractivity contribution in [2.24, 2.45) is 9.98 Å². The second-order valence-corrected chi connectivity index (χ2v) is 9.04. The molecular formula is C30H19ClN2O2. The molecule has 0 unspecified atom stereocenters. The van der Waals surface area contributed by atoms with Crippen LogP contribution in [0.25, 0.3) is 43.9 Å². The average Bonchev–Trinajstić information content (AvgIpc) is 3.44. The minimum absolute atomic E-state index is 0.434. The van der Waals surface area contributed by atoms with Crippen molar-refractivity contribution in [3.8, 4) is 0 Å². The Bertz CT molecular complexity index is 1870. The quantitative estimate of drug-likeness (QED) is 0.236. The summed E-state index contributed by atoms with van der Waals surface area (Å²) in [5.41, 5.74) is 6.07. The lowest BCUT2D eigenvalue weighted by Crippen LogP contribution is -2.09. The van der Waals surface area contributed by atoms with E-state index in [4.69, 9.17) is 25.4 Å². The highest BCUT2D eigenvalue weighted by molar-refractivity contribution is 6.31. The van der Waals surface area contributed by atoms with Crippen LogP contribution in [0.2, 0.25) is 0 Å². The molecule has 0 saturated heterocycles. The molecule has 0 radical (unpaired) electrons. The third-order valence-corrected chi connectivity index (χ3v) is 6.74. The van der Waals surface area contributed by atoms with Gasteiger partial charge in [-0.25, -0.2) is 9.98 Å². The lowest BCUT2D eigenvalue weighted by molar-refractivity contribution is 0.668. The molecule has 0 fully saturated rings. The fourth-order valence-electron chi connectivity index (χ4n) is 4.84. The van der Waals surface area contributed by atoms with E-state index in [1.54, 1.807) is 0 Å². The number of hydrogen-bond donors (Lipinski definition) is 0. The summed E-state index contributed by atoms with van der Waals surface area (Å²) in [5.74, 6) is 0.537. The topological polar surface area (TPSA) is 51.0 Å². The number of para-hydroxylation sites is 3. The number of benzene rings is 4. The van der Waals surface area contributed by atoms with Gasteiger partial charge >= 0.3 is 0 Å². The summed E-state index contributed by atoms with van der Waals surface area (Å²) in [4.78, 5) is 9.72. The van der Waals surface area contributed by atoms with Crippen molar-refractivity contribution in [3.63, 3.8) is 0 Å². The van der Waals surface area contributed by atoms with Gasteiger partial charge in [-0.15, -0.1) is 0 Å². The highest BCUT2D eigenvalue weighted by Gasteiger charge is 2.18. The average molecular weight is 475 g/mol. The van der Waals surface area contributed by atoms with Crippen LogP contribution in [-0.4, -0.2) is 11.5 Å². The van der Waals surface area contributed by atoms with E-state index >= 15 is 0 Å². The van der Waals surface area contributed by atoms with E-state index in [1.165, 1.54) is 0 Å². The minimum atomic E-state index is 0.434. The molecule has 0 atom stereocenters. The van der Waals surface area contributed by atoms with Crippen LogP contribution in [0.5, 0.6) is 0 Å². The van der Waals surface area contributed by atoms with Crippen LogP contribution in [-0.2, 0) is 0 Å². The fraction of sp³-hybridized carbons (Fsp3) is 0.0667. The number of halogens is 1. The summed E-state index contributed by atoms with van der Waals surface area (Å²) in [7, 11) is 0. The van der Waals surface area contributed by atoms with E-state index < -0.39 is 0 Å². The van der Waals surface area contributed by atoms with Crippen molar-refractivity contribution in [1.29, 1.82) is 0 Å². The van der Waals surface area contributed by atoms with E-state index in [0.717, 1.165) is 73.6 Å². The largest absolute Gasteiger partial charge is 0.456 e. The van der Waals surface area contributed by atoms with Gasteiger partial charge in [0.2, 0.25) is 0 Å². The molecule has 0 bridgehead atoms. The molecule has 5 heteroatoms. The van der Waals surface area contributed by atoms with Crippen LogP contribution in [0.4, 0.5) is 0 Å². The lowest BCUT2D eigenvalue weighted by Gasteiger charge is -2.11. The number of furan rings is 2. The van der Waals surface area contributed by atoms with E-state index in [0.29, 0.717) is 11.0 Å². The molecule has 7 rings (SSSR count). The van der Waals surface area contributed by atoms with Crippen molar-refractivity contribution >= 4 is 67.0 Å². The SMILES string of the molecule is ClC1=C/CC/C(c2ccc3c(c2)oc2ccccc23)=N/C(c2cccc3c2oc2ccccc23)=N\1. The molecule has 1 aliphatic rings. The molecule has 2 aromatic heterocycles. The Hall–Kier alpha value is -4.15. The Morgan fingerprint density at radius 3 is 2.23 bits per heavy atom. The third-order valence-electron chi connectivity index (χ3n) is 6.50. The molecule has 1 aliphatic heterocycles. The number of allylic oxidation sites excluding steroid dienone is 1. The van der Waals surface area contributed by atoms with Gasteiger partial charge < -0.3 is 8.83 Å². The molecule has 3 heterocycles. The zero-order chi connectivity index (χ0) is 23.4. The van der Waals surface area contributed by atoms with Gasteiger partial charge in [0.15, 0.2) is 5.84 Å². The van der Waals surface area contributed by atoms with Gasteiger partial charge in [0, 0.05) is 21.5 Å². The number of rotatable bonds is 2. The zero-order valence-corrected chi connectivity index (χ0v) is 19.4. The monoisotopic (exact) mass is 474 g/mol. The first kappa shape index (κ1) is 20.2. The van der Waals surface area contributed by atoms with E-state index in [2.05, 4.69) is 41.4 Å². The van der Waals surface area contributed by atoms with E-state index in [9.17, 15) is 0 Å². The summed E-state index contributed by atoms with van der Waals surface area (Å²) in [6.45, 7) is 0. The molecular weight excluding hydrogens is 456 g/mol. The van der Waals surface area contributed by atoms with Crippen molar-refractivity contribution in [1.82, 2.24) is 0 Å². The molecule has 0 N–H and O–H groups in total. The van der Waals surface area contributed by atoms with Crippen LogP contribution in [0.1, 0.15) is 24.0 Å². The predicted molar refractivity (Wildman–Crippen MR) is 144 cm³/mol. The fourth-order valence-corrected chi connectivity index (χ4v) is 5.03. The first-order chi connectivity index (χ1) is 17.2. The Morgan fingerprint density at radius 2 is 1.37 bits per heavy atom. The van der Waals surface area contributed by atoms with Crippen LogP contribution >= 0.6 is 11.6 Å². The number of nitrogens with zero attached hydrogens (tertiary/aromatic N) is 2. The first-order valence-corrected chi connectivity index (χ1v) is 12.0. The van der Waals surface area contributed by atoms with E-state index in [1.807, 2.05) is 54.6 Å². The highest BCUT2D eigenvalue weighted by Crippen LogP contribution is 2.33. The van der Waals surface area contributed by atoms with Crippen molar-refractivity contribution in [3.05, 3.63) is 107 Å². The molecule has 35 heavy (non-hydrogen) atoms. The molecule has 4 nitrogen and oxygen atoms in total. The number of hydrogen-bond acceptors (Lipinski definition) is 4. The number of amidine groups is 1. The molecule has 6 aromatic rings. The maximum Gasteiger partial charge on any atom is 0.164 e. The molecule has 0 saturated carbocycles. The Balaban J connectivity index is 1.41. The number of aliphatic imine (C=N–C) groups is 2. The van der Waals surface area contributed by atoms with Crippen molar-refractivity contribution in [2.45, 2.75) is 12.8 Å². The first-order valence-electron chi connectivity index (χ1n) is 11.6. The van der Waals surface area contributed by atoms with Crippen LogP contribution < -0.4 is 0 Å². The molecule has 4 aromatic carbocycles. The smallest absolute Gasteiger partial charge is 0.164 e. The van der Waals surface area contributed by atoms with E-state index in [-0.39, 0.29) is 0 Å². The number of fused-ring (bicyclic) bond motifs is 6. The van der Waals surface area contributed by atoms with Crippen molar-refractivity contribution < 1.29 is 8.83 Å². The van der Waals surface area contributed by atoms with Gasteiger partial charge in [0.05, 0.1) is 11.3 Å². The highest BCUT2D eigenvalue weighted by atomic mass is 35.5. The molecule has 0 spiro atoms. The summed E-state index contributed by atoms with van der Waals surface area (Å²) >= 11 is 6.44. The third kappa shape index (κ3) is 3.37. The maximum absolute atomic E-state index is 6.44. The summed E-state index contributed by atoms with van der Waals surface area (Å²) < 4.78 is 12.4. The normalized spacial score (nSPS) is 19.2. The van der Waals surface area contributed by atoms with Gasteiger partial charge in [-0.3, -0.25) is 0 Å². The predicted octanol–water partition coefficient (Wildman–Crippen LogP) is 8.60. The van der Waals surface area contributed by atoms with Crippen LogP contribution in [0, 0.1) is 0 Å². The Kier molecular flexibility index (Phi) is 4.61. The van der Waals surface area contributed by atoms with Gasteiger partial charge in [-0.05, 0) is 54.8 Å². The van der Waals surface area contributed by atoms with Gasteiger partial charge in [-0.1, -0.05) is 66.2 Å². The minimum Gasteiger partial charge on any atom is -0.456 e. The maximum atomic E-state index is 6.44. The van der Waals surface area contributed by atoms with Crippen LogP contribution in [0.15, 0.2) is 115 Å².